The molecule has 1 fully saturated rings. The quantitative estimate of drug-likeness (QED) is 0.297. The molecule has 1 aromatic heterocycles. The van der Waals surface area contributed by atoms with E-state index in [-0.39, 0.29) is 0 Å². The van der Waals surface area contributed by atoms with Crippen LogP contribution in [0.4, 0.5) is 11.4 Å². The number of pyridine rings is 1. The minimum Gasteiger partial charge on any atom is -0.355 e. The van der Waals surface area contributed by atoms with Crippen LogP contribution in [0, 0.1) is 6.92 Å². The molecule has 1 aliphatic heterocycles. The van der Waals surface area contributed by atoms with Crippen molar-refractivity contribution in [2.45, 2.75) is 27.3 Å². The molecule has 0 bridgehead atoms. The molecule has 0 aliphatic carbocycles. The van der Waals surface area contributed by atoms with Gasteiger partial charge in [-0.05, 0) is 74.9 Å². The van der Waals surface area contributed by atoms with E-state index < -0.39 is 0 Å². The van der Waals surface area contributed by atoms with Crippen molar-refractivity contribution >= 4 is 22.8 Å². The summed E-state index contributed by atoms with van der Waals surface area (Å²) in [4.78, 5) is 13.9. The predicted octanol–water partition coefficient (Wildman–Crippen LogP) is 6.56. The minimum absolute atomic E-state index is 0.564. The second-order valence-electron chi connectivity index (χ2n) is 9.94. The van der Waals surface area contributed by atoms with Crippen molar-refractivity contribution in [2.24, 2.45) is 4.99 Å². The normalized spacial score (nSPS) is 15.5. The summed E-state index contributed by atoms with van der Waals surface area (Å²) in [5.74, 6) is 0.564. The lowest BCUT2D eigenvalue weighted by Crippen LogP contribution is -2.43. The summed E-state index contributed by atoms with van der Waals surface area (Å²) in [7, 11) is 2.19. The van der Waals surface area contributed by atoms with E-state index in [0.717, 1.165) is 72.2 Å². The van der Waals surface area contributed by atoms with Gasteiger partial charge in [-0.3, -0.25) is 9.88 Å². The molecule has 6 heteroatoms. The molecule has 202 valence electrons. The fourth-order valence-corrected chi connectivity index (χ4v) is 4.55. The first kappa shape index (κ1) is 28.0. The average Bonchev–Trinajstić information content (AvgIpc) is 2.95. The van der Waals surface area contributed by atoms with Crippen LogP contribution >= 0.6 is 0 Å². The van der Waals surface area contributed by atoms with Gasteiger partial charge < -0.3 is 15.5 Å². The summed E-state index contributed by atoms with van der Waals surface area (Å²) in [5, 5.41) is 6.98. The fraction of sp³-hybridized carbons (Fsp3) is 0.273. The number of nitrogens with zero attached hydrogens (tertiary/aromatic N) is 4. The van der Waals surface area contributed by atoms with Crippen LogP contribution in [0.2, 0.25) is 0 Å². The first-order valence-corrected chi connectivity index (χ1v) is 13.6. The molecule has 6 nitrogen and oxygen atoms in total. The van der Waals surface area contributed by atoms with E-state index in [0.29, 0.717) is 5.82 Å². The Balaban J connectivity index is 1.43. The van der Waals surface area contributed by atoms with Crippen molar-refractivity contribution in [3.8, 4) is 0 Å². The fourth-order valence-electron chi connectivity index (χ4n) is 4.55. The van der Waals surface area contributed by atoms with Crippen LogP contribution in [-0.4, -0.2) is 53.7 Å². The van der Waals surface area contributed by atoms with Crippen molar-refractivity contribution < 1.29 is 0 Å². The number of hydrogen-bond donors (Lipinski definition) is 2. The van der Waals surface area contributed by atoms with Gasteiger partial charge in [-0.25, -0.2) is 4.99 Å². The predicted molar refractivity (Wildman–Crippen MR) is 166 cm³/mol. The number of piperazine rings is 1. The van der Waals surface area contributed by atoms with Crippen molar-refractivity contribution in [1.82, 2.24) is 14.8 Å². The molecule has 0 radical (unpaired) electrons. The van der Waals surface area contributed by atoms with Gasteiger partial charge in [0.15, 0.2) is 0 Å². The standard InChI is InChI=1S/C33H40N6/c1-6-9-32(29-10-8-17-34-23-29)35-26(4)36-33-22-30(16-11-25(33)3)37-31(7-2)28-14-12-27(13-15-28)24-39-20-18-38(5)19-21-39/h6-17,22-23,36-37H,4,18-21,24H2,1-3,5H3/b9-6-,31-7?,35-32+. The molecule has 0 unspecified atom stereocenters. The molecule has 0 atom stereocenters. The molecule has 2 heterocycles. The number of aliphatic imine (C=N–C) groups is 1. The molecule has 0 saturated carbocycles. The molecule has 39 heavy (non-hydrogen) atoms. The number of hydrogen-bond acceptors (Lipinski definition) is 6. The van der Waals surface area contributed by atoms with Gasteiger partial charge in [0.1, 0.15) is 5.82 Å². The van der Waals surface area contributed by atoms with Crippen molar-refractivity contribution in [2.75, 3.05) is 43.9 Å². The molecule has 1 aliphatic rings. The summed E-state index contributed by atoms with van der Waals surface area (Å²) in [5.41, 5.74) is 8.40. The van der Waals surface area contributed by atoms with E-state index in [4.69, 9.17) is 4.99 Å². The summed E-state index contributed by atoms with van der Waals surface area (Å²) in [6.07, 6.45) is 9.60. The highest BCUT2D eigenvalue weighted by Gasteiger charge is 2.14. The Morgan fingerprint density at radius 1 is 1.00 bits per heavy atom. The van der Waals surface area contributed by atoms with Gasteiger partial charge in [0.05, 0.1) is 5.71 Å². The minimum atomic E-state index is 0.564. The monoisotopic (exact) mass is 520 g/mol. The maximum Gasteiger partial charge on any atom is 0.123 e. The van der Waals surface area contributed by atoms with Crippen LogP contribution < -0.4 is 10.6 Å². The third-order valence-corrected chi connectivity index (χ3v) is 6.89. The van der Waals surface area contributed by atoms with Crippen LogP contribution in [0.5, 0.6) is 0 Å². The number of likely N-dealkylation sites (N-methyl/N-ethyl adjacent to an activating group) is 1. The van der Waals surface area contributed by atoms with Crippen LogP contribution in [-0.2, 0) is 6.54 Å². The molecule has 1 saturated heterocycles. The van der Waals surface area contributed by atoms with Crippen molar-refractivity contribution in [1.29, 1.82) is 0 Å². The van der Waals surface area contributed by atoms with E-state index in [9.17, 15) is 0 Å². The van der Waals surface area contributed by atoms with E-state index in [1.807, 2.05) is 31.2 Å². The van der Waals surface area contributed by atoms with Gasteiger partial charge in [-0.15, -0.1) is 0 Å². The molecule has 0 spiro atoms. The summed E-state index contributed by atoms with van der Waals surface area (Å²) in [6.45, 7) is 15.8. The van der Waals surface area contributed by atoms with Crippen LogP contribution in [0.25, 0.3) is 5.70 Å². The second kappa shape index (κ2) is 13.7. The van der Waals surface area contributed by atoms with E-state index >= 15 is 0 Å². The maximum atomic E-state index is 4.73. The Morgan fingerprint density at radius 2 is 1.77 bits per heavy atom. The van der Waals surface area contributed by atoms with Crippen LogP contribution in [0.3, 0.4) is 0 Å². The number of rotatable bonds is 10. The molecule has 0 amide bonds. The second-order valence-corrected chi connectivity index (χ2v) is 9.94. The average molecular weight is 521 g/mol. The van der Waals surface area contributed by atoms with Crippen LogP contribution in [0.1, 0.15) is 36.1 Å². The number of nitrogens with one attached hydrogen (secondary N) is 2. The Morgan fingerprint density at radius 3 is 2.44 bits per heavy atom. The highest BCUT2D eigenvalue weighted by molar-refractivity contribution is 6.09. The van der Waals surface area contributed by atoms with Gasteiger partial charge in [-0.2, -0.15) is 0 Å². The third-order valence-electron chi connectivity index (χ3n) is 6.89. The zero-order valence-corrected chi connectivity index (χ0v) is 23.6. The first-order chi connectivity index (χ1) is 18.9. The first-order valence-electron chi connectivity index (χ1n) is 13.6. The molecule has 2 N–H and O–H groups in total. The number of aromatic nitrogens is 1. The van der Waals surface area contributed by atoms with Gasteiger partial charge in [0.2, 0.25) is 0 Å². The van der Waals surface area contributed by atoms with Gasteiger partial charge in [0, 0.05) is 67.8 Å². The lowest BCUT2D eigenvalue weighted by atomic mass is 10.1. The third kappa shape index (κ3) is 7.99. The Labute approximate surface area is 233 Å². The van der Waals surface area contributed by atoms with Gasteiger partial charge in [0.25, 0.3) is 0 Å². The van der Waals surface area contributed by atoms with E-state index in [1.54, 1.807) is 12.4 Å². The van der Waals surface area contributed by atoms with Crippen molar-refractivity contribution in [3.05, 3.63) is 120 Å². The summed E-state index contributed by atoms with van der Waals surface area (Å²) < 4.78 is 0. The topological polar surface area (TPSA) is 55.8 Å². The summed E-state index contributed by atoms with van der Waals surface area (Å²) in [6, 6.07) is 19.1. The van der Waals surface area contributed by atoms with E-state index in [2.05, 4.69) is 101 Å². The Bertz CT molecular complexity index is 1330. The number of allylic oxidation sites excluding steroid dienone is 3. The number of anilines is 2. The highest BCUT2D eigenvalue weighted by Crippen LogP contribution is 2.26. The Kier molecular flexibility index (Phi) is 9.84. The zero-order valence-electron chi connectivity index (χ0n) is 23.6. The molecule has 3 aromatic rings. The van der Waals surface area contributed by atoms with Gasteiger partial charge >= 0.3 is 0 Å². The number of aryl methyl sites for hydroxylation is 1. The van der Waals surface area contributed by atoms with Crippen molar-refractivity contribution in [3.63, 3.8) is 0 Å². The molecular formula is C33H40N6. The zero-order chi connectivity index (χ0) is 27.6. The maximum absolute atomic E-state index is 4.73. The van der Waals surface area contributed by atoms with Gasteiger partial charge in [-0.1, -0.05) is 49.1 Å². The smallest absolute Gasteiger partial charge is 0.123 e. The molecule has 4 rings (SSSR count). The molecular weight excluding hydrogens is 480 g/mol. The summed E-state index contributed by atoms with van der Waals surface area (Å²) >= 11 is 0. The lowest BCUT2D eigenvalue weighted by molar-refractivity contribution is 0.148. The Hall–Kier alpha value is -4.00. The highest BCUT2D eigenvalue weighted by atomic mass is 15.2. The SMILES string of the molecule is C=C(/N=C(\C=C/C)c1cccnc1)Nc1cc(NC(=CC)c2ccc(CN3CCN(C)CC3)cc2)ccc1C. The lowest BCUT2D eigenvalue weighted by Gasteiger charge is -2.32. The number of benzene rings is 2. The van der Waals surface area contributed by atoms with Crippen LogP contribution in [0.15, 0.2) is 103 Å². The largest absolute Gasteiger partial charge is 0.355 e. The molecule has 2 aromatic carbocycles. The van der Waals surface area contributed by atoms with E-state index in [1.165, 1.54) is 5.56 Å².